The molecule has 3 aromatic rings. The van der Waals surface area contributed by atoms with Gasteiger partial charge in [-0.15, -0.1) is 0 Å². The minimum absolute atomic E-state index is 0.196. The molecular formula is C22H24N4O4S. The molecule has 0 bridgehead atoms. The monoisotopic (exact) mass is 440 g/mol. The van der Waals surface area contributed by atoms with E-state index >= 15 is 0 Å². The van der Waals surface area contributed by atoms with Gasteiger partial charge in [0.1, 0.15) is 0 Å². The van der Waals surface area contributed by atoms with Crippen LogP contribution in [-0.4, -0.2) is 39.2 Å². The molecule has 2 aromatic carbocycles. The Morgan fingerprint density at radius 3 is 2.42 bits per heavy atom. The van der Waals surface area contributed by atoms with Crippen molar-refractivity contribution in [3.05, 3.63) is 53.6 Å². The number of hydrogen-bond acceptors (Lipinski definition) is 6. The third kappa shape index (κ3) is 5.05. The number of thioether (sulfide) groups is 1. The fraction of sp³-hybridized carbons (Fsp3) is 0.273. The molecule has 9 heteroatoms. The zero-order valence-electron chi connectivity index (χ0n) is 17.5. The van der Waals surface area contributed by atoms with Crippen LogP contribution in [-0.2, 0) is 16.1 Å². The molecule has 0 radical (unpaired) electrons. The van der Waals surface area contributed by atoms with Crippen LogP contribution in [0.1, 0.15) is 41.5 Å². The van der Waals surface area contributed by atoms with Crippen LogP contribution in [0.25, 0.3) is 11.0 Å². The zero-order valence-corrected chi connectivity index (χ0v) is 18.4. The largest absolute Gasteiger partial charge is 0.462 e. The van der Waals surface area contributed by atoms with E-state index in [4.69, 9.17) is 10.5 Å². The number of imidazole rings is 1. The minimum Gasteiger partial charge on any atom is -0.462 e. The quantitative estimate of drug-likeness (QED) is 0.409. The van der Waals surface area contributed by atoms with E-state index in [0.29, 0.717) is 40.6 Å². The maximum absolute atomic E-state index is 12.6. The fourth-order valence-corrected chi connectivity index (χ4v) is 4.01. The summed E-state index contributed by atoms with van der Waals surface area (Å²) in [6, 6.07) is 11.7. The highest BCUT2D eigenvalue weighted by Crippen LogP contribution is 2.28. The molecule has 0 aliphatic rings. The number of amides is 2. The number of anilines is 1. The van der Waals surface area contributed by atoms with E-state index in [1.165, 1.54) is 11.8 Å². The summed E-state index contributed by atoms with van der Waals surface area (Å²) in [5.74, 6) is -1.11. The predicted molar refractivity (Wildman–Crippen MR) is 120 cm³/mol. The van der Waals surface area contributed by atoms with Gasteiger partial charge in [-0.1, -0.05) is 11.8 Å². The number of nitrogens with two attached hydrogens (primary N) is 1. The highest BCUT2D eigenvalue weighted by atomic mass is 32.2. The Morgan fingerprint density at radius 1 is 1.13 bits per heavy atom. The molecule has 3 rings (SSSR count). The van der Waals surface area contributed by atoms with E-state index in [1.54, 1.807) is 50.2 Å². The number of carbonyl (C=O) groups is 3. The summed E-state index contributed by atoms with van der Waals surface area (Å²) in [7, 11) is 0. The average molecular weight is 441 g/mol. The Labute approximate surface area is 184 Å². The van der Waals surface area contributed by atoms with Gasteiger partial charge in [-0.25, -0.2) is 9.78 Å². The second-order valence-corrected chi connectivity index (χ2v) is 8.06. The molecule has 2 amide bonds. The zero-order chi connectivity index (χ0) is 22.5. The summed E-state index contributed by atoms with van der Waals surface area (Å²) in [6.45, 7) is 6.52. The molecule has 1 aromatic heterocycles. The maximum Gasteiger partial charge on any atom is 0.338 e. The van der Waals surface area contributed by atoms with Crippen molar-refractivity contribution < 1.29 is 19.1 Å². The second kappa shape index (κ2) is 9.65. The molecule has 0 aliphatic carbocycles. The van der Waals surface area contributed by atoms with Crippen molar-refractivity contribution in [3.8, 4) is 0 Å². The molecule has 3 N–H and O–H groups in total. The molecule has 0 fully saturated rings. The maximum atomic E-state index is 12.6. The van der Waals surface area contributed by atoms with Crippen molar-refractivity contribution >= 4 is 46.3 Å². The molecule has 31 heavy (non-hydrogen) atoms. The van der Waals surface area contributed by atoms with Gasteiger partial charge in [0.2, 0.25) is 11.8 Å². The van der Waals surface area contributed by atoms with Gasteiger partial charge in [0.15, 0.2) is 5.16 Å². The van der Waals surface area contributed by atoms with Crippen LogP contribution in [0, 0.1) is 0 Å². The molecule has 0 saturated carbocycles. The predicted octanol–water partition coefficient (Wildman–Crippen LogP) is 3.45. The highest BCUT2D eigenvalue weighted by molar-refractivity contribution is 8.00. The number of nitrogens with zero attached hydrogens (tertiary/aromatic N) is 2. The van der Waals surface area contributed by atoms with Gasteiger partial charge in [0.25, 0.3) is 0 Å². The molecule has 1 heterocycles. The first-order valence-corrected chi connectivity index (χ1v) is 10.8. The number of fused-ring (bicyclic) bond motifs is 1. The highest BCUT2D eigenvalue weighted by Gasteiger charge is 2.20. The molecule has 0 aliphatic heterocycles. The summed E-state index contributed by atoms with van der Waals surface area (Å²) in [5, 5.41) is 3.08. The lowest BCUT2D eigenvalue weighted by atomic mass is 10.2. The van der Waals surface area contributed by atoms with Crippen LogP contribution < -0.4 is 11.1 Å². The number of ether oxygens (including phenoxy) is 1. The van der Waals surface area contributed by atoms with Crippen LogP contribution >= 0.6 is 11.8 Å². The first kappa shape index (κ1) is 22.4. The lowest BCUT2D eigenvalue weighted by molar-refractivity contribution is -0.115. The Hall–Kier alpha value is -3.33. The third-order valence-corrected chi connectivity index (χ3v) is 5.72. The summed E-state index contributed by atoms with van der Waals surface area (Å²) in [6.07, 6.45) is 0. The first-order chi connectivity index (χ1) is 14.8. The topological polar surface area (TPSA) is 116 Å². The van der Waals surface area contributed by atoms with Crippen molar-refractivity contribution in [3.63, 3.8) is 0 Å². The lowest BCUT2D eigenvalue weighted by Crippen LogP contribution is -2.23. The molecule has 8 nitrogen and oxygen atoms in total. The Bertz CT molecular complexity index is 1120. The van der Waals surface area contributed by atoms with Gasteiger partial charge in [0.05, 0.1) is 28.5 Å². The van der Waals surface area contributed by atoms with E-state index in [-0.39, 0.29) is 11.9 Å². The van der Waals surface area contributed by atoms with Gasteiger partial charge >= 0.3 is 5.97 Å². The lowest BCUT2D eigenvalue weighted by Gasteiger charge is -2.13. The summed E-state index contributed by atoms with van der Waals surface area (Å²) in [5.41, 5.74) is 8.18. The van der Waals surface area contributed by atoms with E-state index in [0.717, 1.165) is 5.52 Å². The van der Waals surface area contributed by atoms with Gasteiger partial charge in [-0.3, -0.25) is 9.59 Å². The number of primary amides is 1. The summed E-state index contributed by atoms with van der Waals surface area (Å²) < 4.78 is 7.06. The Kier molecular flexibility index (Phi) is 6.96. The normalized spacial score (nSPS) is 11.8. The van der Waals surface area contributed by atoms with Crippen molar-refractivity contribution in [2.75, 3.05) is 11.9 Å². The summed E-state index contributed by atoms with van der Waals surface area (Å²) >= 11 is 1.33. The number of esters is 1. The van der Waals surface area contributed by atoms with E-state index in [9.17, 15) is 14.4 Å². The third-order valence-electron chi connectivity index (χ3n) is 4.63. The number of rotatable bonds is 8. The van der Waals surface area contributed by atoms with Crippen molar-refractivity contribution in [1.82, 2.24) is 9.55 Å². The van der Waals surface area contributed by atoms with Gasteiger partial charge < -0.3 is 20.4 Å². The van der Waals surface area contributed by atoms with E-state index in [1.807, 2.05) is 17.6 Å². The molecule has 162 valence electrons. The Balaban J connectivity index is 1.76. The number of aryl methyl sites for hydroxylation is 1. The Morgan fingerprint density at radius 2 is 1.81 bits per heavy atom. The summed E-state index contributed by atoms with van der Waals surface area (Å²) in [4.78, 5) is 40.5. The van der Waals surface area contributed by atoms with Gasteiger partial charge in [-0.2, -0.15) is 0 Å². The van der Waals surface area contributed by atoms with Crippen LogP contribution in [0.5, 0.6) is 0 Å². The smallest absolute Gasteiger partial charge is 0.338 e. The molecule has 0 spiro atoms. The molecular weight excluding hydrogens is 416 g/mol. The van der Waals surface area contributed by atoms with E-state index < -0.39 is 11.2 Å². The number of hydrogen-bond donors (Lipinski definition) is 2. The van der Waals surface area contributed by atoms with Gasteiger partial charge in [0, 0.05) is 17.8 Å². The number of aromatic nitrogens is 2. The van der Waals surface area contributed by atoms with Gasteiger partial charge in [-0.05, 0) is 63.2 Å². The minimum atomic E-state index is -0.522. The van der Waals surface area contributed by atoms with Crippen molar-refractivity contribution in [1.29, 1.82) is 0 Å². The SMILES string of the molecule is CCOC(=O)c1ccc2c(c1)nc(SC(C)C(=O)Nc1ccc(C(N)=O)cc1)n2CC. The fourth-order valence-electron chi connectivity index (χ4n) is 3.02. The van der Waals surface area contributed by atoms with Crippen molar-refractivity contribution in [2.24, 2.45) is 5.73 Å². The van der Waals surface area contributed by atoms with Crippen LogP contribution in [0.15, 0.2) is 47.6 Å². The molecule has 1 unspecified atom stereocenters. The molecule has 0 saturated heterocycles. The van der Waals surface area contributed by atoms with Crippen LogP contribution in [0.2, 0.25) is 0 Å². The van der Waals surface area contributed by atoms with Crippen molar-refractivity contribution in [2.45, 2.75) is 37.7 Å². The molecule has 1 atom stereocenters. The number of carbonyl (C=O) groups excluding carboxylic acids is 3. The van der Waals surface area contributed by atoms with E-state index in [2.05, 4.69) is 10.3 Å². The van der Waals surface area contributed by atoms with Crippen LogP contribution in [0.3, 0.4) is 0 Å². The standard InChI is InChI=1S/C22H24N4O4S/c1-4-26-18-11-8-15(21(29)30-5-2)12-17(18)25-22(26)31-13(3)20(28)24-16-9-6-14(7-10-16)19(23)27/h6-13H,4-5H2,1-3H3,(H2,23,27)(H,24,28). The first-order valence-electron chi connectivity index (χ1n) is 9.88. The number of benzene rings is 2. The van der Waals surface area contributed by atoms with Crippen LogP contribution in [0.4, 0.5) is 5.69 Å². The number of nitrogens with one attached hydrogen (secondary N) is 1. The second-order valence-electron chi connectivity index (χ2n) is 6.75. The average Bonchev–Trinajstić information content (AvgIpc) is 3.10.